The van der Waals surface area contributed by atoms with Gasteiger partial charge in [0.25, 0.3) is 0 Å². The van der Waals surface area contributed by atoms with Crippen LogP contribution in [0.3, 0.4) is 0 Å². The minimum atomic E-state index is -3.61. The van der Waals surface area contributed by atoms with Gasteiger partial charge >= 0.3 is 6.09 Å². The van der Waals surface area contributed by atoms with Crippen LogP contribution in [0.25, 0.3) is 0 Å². The maximum Gasteiger partial charge on any atom is 0.413 e. The Hall–Kier alpha value is -2.17. The molecule has 1 atom stereocenters. The second-order valence-corrected chi connectivity index (χ2v) is 7.94. The Morgan fingerprint density at radius 1 is 1.15 bits per heavy atom. The number of imide groups is 1. The molecule has 2 amide bonds. The van der Waals surface area contributed by atoms with Gasteiger partial charge in [-0.3, -0.25) is 15.0 Å². The molecular formula is C17H25N3O6S. The number of carbonyl (C=O) groups excluding carboxylic acids is 2. The second kappa shape index (κ2) is 9.16. The van der Waals surface area contributed by atoms with E-state index in [9.17, 15) is 18.0 Å². The average Bonchev–Trinajstić information content (AvgIpc) is 2.68. The third-order valence-corrected chi connectivity index (χ3v) is 6.30. The highest BCUT2D eigenvalue weighted by molar-refractivity contribution is 7.89. The Labute approximate surface area is 159 Å². The van der Waals surface area contributed by atoms with Gasteiger partial charge in [0, 0.05) is 26.2 Å². The maximum atomic E-state index is 12.8. The van der Waals surface area contributed by atoms with E-state index in [1.165, 1.54) is 23.5 Å². The number of nitrogens with zero attached hydrogens (tertiary/aromatic N) is 2. The van der Waals surface area contributed by atoms with Gasteiger partial charge in [-0.25, -0.2) is 13.2 Å². The zero-order chi connectivity index (χ0) is 20.0. The van der Waals surface area contributed by atoms with E-state index in [1.807, 2.05) is 11.8 Å². The quantitative estimate of drug-likeness (QED) is 0.749. The van der Waals surface area contributed by atoms with Crippen molar-refractivity contribution >= 4 is 22.0 Å². The minimum absolute atomic E-state index is 0.205. The van der Waals surface area contributed by atoms with Crippen LogP contribution in [0.2, 0.25) is 0 Å². The lowest BCUT2D eigenvalue weighted by Gasteiger charge is -2.36. The predicted molar refractivity (Wildman–Crippen MR) is 98.0 cm³/mol. The molecule has 27 heavy (non-hydrogen) atoms. The van der Waals surface area contributed by atoms with Crippen molar-refractivity contribution in [2.45, 2.75) is 24.8 Å². The number of hydrogen-bond acceptors (Lipinski definition) is 7. The van der Waals surface area contributed by atoms with E-state index in [1.54, 1.807) is 19.1 Å². The van der Waals surface area contributed by atoms with E-state index < -0.39 is 28.1 Å². The molecule has 9 nitrogen and oxygen atoms in total. The average molecular weight is 399 g/mol. The molecule has 0 aliphatic carbocycles. The molecule has 0 radical (unpaired) electrons. The van der Waals surface area contributed by atoms with Crippen molar-refractivity contribution in [1.29, 1.82) is 0 Å². The lowest BCUT2D eigenvalue weighted by molar-refractivity contribution is -0.125. The standard InChI is InChI=1S/C17H25N3O6S/c1-4-26-14-5-7-15(8-6-14)27(23,24)20-11-9-19(10-12-20)13(2)16(21)18-17(22)25-3/h5-8,13H,4,9-12H2,1-3H3,(H,18,21,22)/t13-/m1/s1. The summed E-state index contributed by atoms with van der Waals surface area (Å²) in [5.41, 5.74) is 0. The summed E-state index contributed by atoms with van der Waals surface area (Å²) in [6.07, 6.45) is -0.816. The molecule has 0 unspecified atom stereocenters. The number of nitrogens with one attached hydrogen (secondary N) is 1. The van der Waals surface area contributed by atoms with Crippen molar-refractivity contribution in [3.05, 3.63) is 24.3 Å². The van der Waals surface area contributed by atoms with Crippen LogP contribution < -0.4 is 10.1 Å². The molecule has 0 saturated carbocycles. The Balaban J connectivity index is 1.97. The Kier molecular flexibility index (Phi) is 7.17. The molecule has 0 spiro atoms. The van der Waals surface area contributed by atoms with Crippen LogP contribution in [-0.4, -0.2) is 75.6 Å². The summed E-state index contributed by atoms with van der Waals surface area (Å²) in [5, 5.41) is 2.12. The number of sulfonamides is 1. The molecule has 2 rings (SSSR count). The number of amides is 2. The lowest BCUT2D eigenvalue weighted by atomic mass is 10.2. The molecule has 10 heteroatoms. The number of hydrogen-bond donors (Lipinski definition) is 1. The first-order valence-corrected chi connectivity index (χ1v) is 10.1. The van der Waals surface area contributed by atoms with Gasteiger partial charge in [0.05, 0.1) is 24.7 Å². The monoisotopic (exact) mass is 399 g/mol. The van der Waals surface area contributed by atoms with E-state index in [-0.39, 0.29) is 18.0 Å². The third kappa shape index (κ3) is 5.18. The van der Waals surface area contributed by atoms with Crippen LogP contribution in [0, 0.1) is 0 Å². The van der Waals surface area contributed by atoms with Crippen molar-refractivity contribution < 1.29 is 27.5 Å². The second-order valence-electron chi connectivity index (χ2n) is 6.00. The number of alkyl carbamates (subject to hydrolysis) is 1. The van der Waals surface area contributed by atoms with Crippen molar-refractivity contribution in [2.75, 3.05) is 39.9 Å². The van der Waals surface area contributed by atoms with Crippen molar-refractivity contribution in [1.82, 2.24) is 14.5 Å². The van der Waals surface area contributed by atoms with E-state index >= 15 is 0 Å². The van der Waals surface area contributed by atoms with Crippen LogP contribution in [0.4, 0.5) is 4.79 Å². The van der Waals surface area contributed by atoms with E-state index in [2.05, 4.69) is 10.1 Å². The molecule has 1 heterocycles. The molecule has 1 aromatic carbocycles. The first kappa shape index (κ1) is 21.1. The number of rotatable bonds is 6. The normalized spacial score (nSPS) is 17.1. The van der Waals surface area contributed by atoms with Crippen molar-refractivity contribution in [2.24, 2.45) is 0 Å². The Morgan fingerprint density at radius 2 is 1.74 bits per heavy atom. The van der Waals surface area contributed by atoms with Gasteiger partial charge in [0.1, 0.15) is 5.75 Å². The van der Waals surface area contributed by atoms with E-state index in [0.29, 0.717) is 25.4 Å². The summed E-state index contributed by atoms with van der Waals surface area (Å²) < 4.78 is 36.7. The number of piperazine rings is 1. The van der Waals surface area contributed by atoms with Gasteiger partial charge in [0.15, 0.2) is 0 Å². The largest absolute Gasteiger partial charge is 0.494 e. The van der Waals surface area contributed by atoms with Crippen LogP contribution in [0.1, 0.15) is 13.8 Å². The zero-order valence-corrected chi connectivity index (χ0v) is 16.5. The highest BCUT2D eigenvalue weighted by Gasteiger charge is 2.32. The first-order valence-electron chi connectivity index (χ1n) is 8.65. The lowest BCUT2D eigenvalue weighted by Crippen LogP contribution is -2.55. The summed E-state index contributed by atoms with van der Waals surface area (Å²) in [4.78, 5) is 25.2. The highest BCUT2D eigenvalue weighted by atomic mass is 32.2. The number of methoxy groups -OCH3 is 1. The van der Waals surface area contributed by atoms with Crippen LogP contribution in [-0.2, 0) is 19.6 Å². The van der Waals surface area contributed by atoms with Crippen molar-refractivity contribution in [3.8, 4) is 5.75 Å². The Morgan fingerprint density at radius 3 is 2.26 bits per heavy atom. The molecule has 1 fully saturated rings. The van der Waals surface area contributed by atoms with E-state index in [4.69, 9.17) is 4.74 Å². The number of benzene rings is 1. The SMILES string of the molecule is CCOc1ccc(S(=O)(=O)N2CCN([C@H](C)C(=O)NC(=O)OC)CC2)cc1. The minimum Gasteiger partial charge on any atom is -0.494 e. The molecule has 150 valence electrons. The smallest absolute Gasteiger partial charge is 0.413 e. The van der Waals surface area contributed by atoms with Gasteiger partial charge in [-0.15, -0.1) is 0 Å². The van der Waals surface area contributed by atoms with E-state index in [0.717, 1.165) is 0 Å². The number of carbonyl (C=O) groups is 2. The van der Waals surface area contributed by atoms with Gasteiger partial charge in [-0.1, -0.05) is 0 Å². The molecule has 1 aliphatic rings. The maximum absolute atomic E-state index is 12.8. The topological polar surface area (TPSA) is 105 Å². The van der Waals surface area contributed by atoms with Crippen LogP contribution in [0.15, 0.2) is 29.2 Å². The number of ether oxygens (including phenoxy) is 2. The molecule has 0 aromatic heterocycles. The van der Waals surface area contributed by atoms with Gasteiger partial charge < -0.3 is 9.47 Å². The molecule has 1 saturated heterocycles. The predicted octanol–water partition coefficient (Wildman–Crippen LogP) is 0.663. The zero-order valence-electron chi connectivity index (χ0n) is 15.7. The van der Waals surface area contributed by atoms with Gasteiger partial charge in [-0.2, -0.15) is 4.31 Å². The summed E-state index contributed by atoms with van der Waals surface area (Å²) in [5.74, 6) is 0.136. The molecule has 0 bridgehead atoms. The van der Waals surface area contributed by atoms with Gasteiger partial charge in [0.2, 0.25) is 15.9 Å². The fraction of sp³-hybridized carbons (Fsp3) is 0.529. The van der Waals surface area contributed by atoms with Crippen molar-refractivity contribution in [3.63, 3.8) is 0 Å². The van der Waals surface area contributed by atoms with Crippen LogP contribution in [0.5, 0.6) is 5.75 Å². The summed E-state index contributed by atoms with van der Waals surface area (Å²) in [7, 11) is -2.43. The fourth-order valence-electron chi connectivity index (χ4n) is 2.78. The summed E-state index contributed by atoms with van der Waals surface area (Å²) >= 11 is 0. The van der Waals surface area contributed by atoms with Gasteiger partial charge in [-0.05, 0) is 38.1 Å². The Bertz CT molecular complexity index is 757. The molecule has 1 aliphatic heterocycles. The summed E-state index contributed by atoms with van der Waals surface area (Å²) in [6.45, 7) is 5.30. The molecule has 1 N–H and O–H groups in total. The molecule has 1 aromatic rings. The third-order valence-electron chi connectivity index (χ3n) is 4.38. The summed E-state index contributed by atoms with van der Waals surface area (Å²) in [6, 6.07) is 5.75. The fourth-order valence-corrected chi connectivity index (χ4v) is 4.20. The highest BCUT2D eigenvalue weighted by Crippen LogP contribution is 2.21. The molecular weight excluding hydrogens is 374 g/mol. The van der Waals surface area contributed by atoms with Crippen LogP contribution >= 0.6 is 0 Å². The first-order chi connectivity index (χ1) is 12.8.